The Morgan fingerprint density at radius 1 is 1.03 bits per heavy atom. The normalized spacial score (nSPS) is 14.9. The van der Waals surface area contributed by atoms with Gasteiger partial charge in [0, 0.05) is 15.6 Å². The molecule has 0 saturated heterocycles. The first-order chi connectivity index (χ1) is 15.2. The minimum absolute atomic E-state index is 0.257. The van der Waals surface area contributed by atoms with Crippen molar-refractivity contribution >= 4 is 49.7 Å². The van der Waals surface area contributed by atoms with E-state index in [1.165, 1.54) is 17.8 Å². The van der Waals surface area contributed by atoms with Gasteiger partial charge in [-0.25, -0.2) is 4.68 Å². The number of benzene rings is 2. The molecule has 2 aromatic heterocycles. The largest absolute Gasteiger partial charge is 0.452 e. The number of hydrogen-bond donors (Lipinski definition) is 0. The third-order valence-corrected chi connectivity index (χ3v) is 6.56. The smallest absolute Gasteiger partial charge is 0.258 e. The average molecular weight is 495 g/mol. The van der Waals surface area contributed by atoms with Crippen LogP contribution in [0.2, 0.25) is 0 Å². The summed E-state index contributed by atoms with van der Waals surface area (Å²) in [5.74, 6) is -0.0130. The van der Waals surface area contributed by atoms with Gasteiger partial charge < -0.3 is 4.42 Å². The quantitative estimate of drug-likeness (QED) is 0.262. The minimum atomic E-state index is -0.270. The topological polar surface area (TPSA) is 72.8 Å². The summed E-state index contributed by atoms with van der Waals surface area (Å²) >= 11 is 4.67. The first-order valence-corrected chi connectivity index (χ1v) is 11.8. The zero-order chi connectivity index (χ0) is 21.2. The van der Waals surface area contributed by atoms with Crippen molar-refractivity contribution in [3.8, 4) is 5.69 Å². The molecule has 0 amide bonds. The van der Waals surface area contributed by atoms with Crippen LogP contribution >= 0.6 is 27.3 Å². The van der Waals surface area contributed by atoms with Gasteiger partial charge in [-0.3, -0.25) is 4.79 Å². The molecule has 0 spiro atoms. The van der Waals surface area contributed by atoms with Crippen molar-refractivity contribution < 1.29 is 9.21 Å². The van der Waals surface area contributed by atoms with Gasteiger partial charge in [0.25, 0.3) is 5.78 Å². The van der Waals surface area contributed by atoms with E-state index < -0.39 is 0 Å². The number of rotatable bonds is 4. The first-order valence-electron chi connectivity index (χ1n) is 10.2. The molecular weight excluding hydrogens is 476 g/mol. The number of ketones is 1. The lowest BCUT2D eigenvalue weighted by atomic mass is 9.99. The van der Waals surface area contributed by atoms with Gasteiger partial charge in [0.2, 0.25) is 4.80 Å². The van der Waals surface area contributed by atoms with E-state index in [-0.39, 0.29) is 11.5 Å². The third-order valence-electron chi connectivity index (χ3n) is 5.16. The van der Waals surface area contributed by atoms with Crippen molar-refractivity contribution in [2.24, 2.45) is 10.2 Å². The van der Waals surface area contributed by atoms with E-state index in [1.807, 2.05) is 48.5 Å². The predicted molar refractivity (Wildman–Crippen MR) is 125 cm³/mol. The van der Waals surface area contributed by atoms with Crippen molar-refractivity contribution in [1.29, 1.82) is 0 Å². The predicted octanol–water partition coefficient (Wildman–Crippen LogP) is 5.89. The Kier molecular flexibility index (Phi) is 5.65. The van der Waals surface area contributed by atoms with Crippen LogP contribution in [0.15, 0.2) is 73.7 Å². The summed E-state index contributed by atoms with van der Waals surface area (Å²) < 4.78 is 8.38. The molecule has 0 bridgehead atoms. The van der Waals surface area contributed by atoms with Gasteiger partial charge in [0.15, 0.2) is 10.8 Å². The molecule has 1 saturated carbocycles. The van der Waals surface area contributed by atoms with Crippen molar-refractivity contribution in [3.63, 3.8) is 0 Å². The molecule has 31 heavy (non-hydrogen) atoms. The number of nitrogens with zero attached hydrogens (tertiary/aromatic N) is 4. The molecule has 2 heterocycles. The highest BCUT2D eigenvalue weighted by atomic mass is 79.9. The summed E-state index contributed by atoms with van der Waals surface area (Å²) in [5.41, 5.74) is 2.59. The van der Waals surface area contributed by atoms with Crippen molar-refractivity contribution in [1.82, 2.24) is 9.78 Å². The SMILES string of the molecule is O=C(c1cc2cc(Br)ccc2o1)c1nn(-c2ccccc2)/c(=N\N=C2CCCCC2)s1. The Labute approximate surface area is 191 Å². The van der Waals surface area contributed by atoms with Crippen LogP contribution in [0.3, 0.4) is 0 Å². The fourth-order valence-corrected chi connectivity index (χ4v) is 4.76. The van der Waals surface area contributed by atoms with Crippen molar-refractivity contribution in [2.75, 3.05) is 0 Å². The second-order valence-corrected chi connectivity index (χ2v) is 9.26. The molecule has 1 fully saturated rings. The van der Waals surface area contributed by atoms with Crippen molar-refractivity contribution in [3.05, 3.63) is 74.6 Å². The van der Waals surface area contributed by atoms with Crippen LogP contribution in [0, 0.1) is 0 Å². The number of para-hydroxylation sites is 1. The molecule has 2 aromatic carbocycles. The van der Waals surface area contributed by atoms with Crippen LogP contribution < -0.4 is 4.80 Å². The minimum Gasteiger partial charge on any atom is -0.452 e. The van der Waals surface area contributed by atoms with Gasteiger partial charge in [-0.15, -0.1) is 5.10 Å². The number of halogens is 1. The van der Waals surface area contributed by atoms with Crippen LogP contribution in [0.5, 0.6) is 0 Å². The molecule has 0 N–H and O–H groups in total. The Morgan fingerprint density at radius 3 is 2.65 bits per heavy atom. The Hall–Kier alpha value is -2.84. The molecule has 1 aliphatic rings. The standard InChI is InChI=1S/C23H19BrN4O2S/c24-16-11-12-19-15(13-16)14-20(30-19)21(29)22-27-28(18-9-5-2-6-10-18)23(31-22)26-25-17-7-3-1-4-8-17/h2,5-6,9-14H,1,3-4,7-8H2/b26-23+. The molecule has 4 aromatic rings. The monoisotopic (exact) mass is 494 g/mol. The second kappa shape index (κ2) is 8.72. The lowest BCUT2D eigenvalue weighted by Gasteiger charge is -2.09. The number of hydrogen-bond acceptors (Lipinski definition) is 6. The highest BCUT2D eigenvalue weighted by molar-refractivity contribution is 9.10. The van der Waals surface area contributed by atoms with E-state index in [0.717, 1.165) is 46.9 Å². The number of carbonyl (C=O) groups excluding carboxylic acids is 1. The van der Waals surface area contributed by atoms with Gasteiger partial charge in [-0.05, 0) is 62.1 Å². The number of fused-ring (bicyclic) bond motifs is 1. The maximum Gasteiger partial charge on any atom is 0.258 e. The average Bonchev–Trinajstić information content (AvgIpc) is 3.42. The van der Waals surface area contributed by atoms with E-state index in [0.29, 0.717) is 15.4 Å². The molecule has 0 radical (unpaired) electrons. The molecule has 156 valence electrons. The van der Waals surface area contributed by atoms with Crippen molar-refractivity contribution in [2.45, 2.75) is 32.1 Å². The fraction of sp³-hybridized carbons (Fsp3) is 0.217. The van der Waals surface area contributed by atoms with E-state index >= 15 is 0 Å². The zero-order valence-corrected chi connectivity index (χ0v) is 19.0. The van der Waals surface area contributed by atoms with Gasteiger partial charge in [0.05, 0.1) is 5.69 Å². The lowest BCUT2D eigenvalue weighted by Crippen LogP contribution is -2.14. The maximum atomic E-state index is 13.2. The molecular formula is C23H19BrN4O2S. The van der Waals surface area contributed by atoms with E-state index in [4.69, 9.17) is 4.42 Å². The summed E-state index contributed by atoms with van der Waals surface area (Å²) in [7, 11) is 0. The molecule has 1 aliphatic carbocycles. The van der Waals surface area contributed by atoms with Crippen LogP contribution in [-0.2, 0) is 0 Å². The third kappa shape index (κ3) is 4.31. The van der Waals surface area contributed by atoms with Gasteiger partial charge in [-0.1, -0.05) is 51.9 Å². The highest BCUT2D eigenvalue weighted by Gasteiger charge is 2.20. The summed E-state index contributed by atoms with van der Waals surface area (Å²) in [6, 6.07) is 17.0. The Morgan fingerprint density at radius 2 is 1.84 bits per heavy atom. The van der Waals surface area contributed by atoms with E-state index in [9.17, 15) is 4.79 Å². The van der Waals surface area contributed by atoms with Crippen LogP contribution in [-0.4, -0.2) is 21.3 Å². The van der Waals surface area contributed by atoms with Crippen LogP contribution in [0.25, 0.3) is 16.7 Å². The van der Waals surface area contributed by atoms with Gasteiger partial charge in [0.1, 0.15) is 5.58 Å². The molecule has 8 heteroatoms. The summed E-state index contributed by atoms with van der Waals surface area (Å²) in [6.45, 7) is 0. The van der Waals surface area contributed by atoms with E-state index in [1.54, 1.807) is 10.7 Å². The molecule has 5 rings (SSSR count). The van der Waals surface area contributed by atoms with Crippen LogP contribution in [0.1, 0.15) is 47.7 Å². The summed E-state index contributed by atoms with van der Waals surface area (Å²) in [4.78, 5) is 13.7. The Balaban J connectivity index is 1.57. The number of aromatic nitrogens is 2. The maximum absolute atomic E-state index is 13.2. The lowest BCUT2D eigenvalue weighted by molar-refractivity contribution is 0.101. The second-order valence-electron chi connectivity index (χ2n) is 7.39. The summed E-state index contributed by atoms with van der Waals surface area (Å²) in [5, 5.41) is 14.7. The fourth-order valence-electron chi connectivity index (χ4n) is 3.58. The van der Waals surface area contributed by atoms with Crippen LogP contribution in [0.4, 0.5) is 0 Å². The molecule has 6 nitrogen and oxygen atoms in total. The number of furan rings is 1. The highest BCUT2D eigenvalue weighted by Crippen LogP contribution is 2.25. The zero-order valence-electron chi connectivity index (χ0n) is 16.6. The summed E-state index contributed by atoms with van der Waals surface area (Å²) in [6.07, 6.45) is 5.52. The van der Waals surface area contributed by atoms with E-state index in [2.05, 4.69) is 31.2 Å². The first kappa shape index (κ1) is 20.1. The number of carbonyl (C=O) groups is 1. The molecule has 0 atom stereocenters. The van der Waals surface area contributed by atoms with Gasteiger partial charge in [-0.2, -0.15) is 10.2 Å². The molecule has 0 aliphatic heterocycles. The Bertz CT molecular complexity index is 1340. The molecule has 0 unspecified atom stereocenters. The van der Waals surface area contributed by atoms with Gasteiger partial charge >= 0.3 is 0 Å².